The van der Waals surface area contributed by atoms with Gasteiger partial charge in [0.05, 0.1) is 18.4 Å². The highest BCUT2D eigenvalue weighted by molar-refractivity contribution is 5.62. The van der Waals surface area contributed by atoms with Crippen LogP contribution in [0.1, 0.15) is 17.5 Å². The third-order valence-corrected chi connectivity index (χ3v) is 3.49. The number of alkyl halides is 3. The molecule has 0 aliphatic rings. The Hall–Kier alpha value is -1.86. The second-order valence-electron chi connectivity index (χ2n) is 5.54. The highest BCUT2D eigenvalue weighted by atomic mass is 19.4. The molecule has 1 aromatic carbocycles. The van der Waals surface area contributed by atoms with Crippen LogP contribution in [-0.4, -0.2) is 46.1 Å². The van der Waals surface area contributed by atoms with Gasteiger partial charge in [0, 0.05) is 25.3 Å². The molecule has 0 aliphatic heterocycles. The number of aliphatic hydroxyl groups excluding tert-OH is 1. The lowest BCUT2D eigenvalue weighted by Gasteiger charge is -2.23. The molecule has 0 amide bonds. The van der Waals surface area contributed by atoms with Gasteiger partial charge in [0.15, 0.2) is 0 Å². The number of aryl methyl sites for hydroxylation is 1. The number of H-pyrrole nitrogens is 1. The lowest BCUT2D eigenvalue weighted by atomic mass is 10.1. The first-order chi connectivity index (χ1) is 10.9. The standard InChI is InChI=1S/C16H20F3N3O/c1-12-3-5-13(6-4-12)15-14(9-20-21-15)10-22(7-2-8-23)11-16(17,18)19/h3-6,9,23H,2,7-8,10-11H2,1H3,(H,20,21). The van der Waals surface area contributed by atoms with Crippen molar-refractivity contribution >= 4 is 0 Å². The van der Waals surface area contributed by atoms with Crippen LogP contribution in [-0.2, 0) is 6.54 Å². The number of aliphatic hydroxyl groups is 1. The van der Waals surface area contributed by atoms with Gasteiger partial charge in [0.1, 0.15) is 0 Å². The Morgan fingerprint density at radius 1 is 1.22 bits per heavy atom. The number of nitrogens with zero attached hydrogens (tertiary/aromatic N) is 2. The van der Waals surface area contributed by atoms with Crippen molar-refractivity contribution in [2.75, 3.05) is 19.7 Å². The van der Waals surface area contributed by atoms with Crippen LogP contribution in [0.2, 0.25) is 0 Å². The van der Waals surface area contributed by atoms with E-state index in [2.05, 4.69) is 10.2 Å². The Bertz CT molecular complexity index is 608. The monoisotopic (exact) mass is 327 g/mol. The smallest absolute Gasteiger partial charge is 0.396 e. The molecule has 2 rings (SSSR count). The van der Waals surface area contributed by atoms with E-state index in [1.54, 1.807) is 6.20 Å². The third kappa shape index (κ3) is 5.37. The maximum atomic E-state index is 12.7. The Labute approximate surface area is 132 Å². The van der Waals surface area contributed by atoms with E-state index in [9.17, 15) is 13.2 Å². The van der Waals surface area contributed by atoms with E-state index in [1.165, 1.54) is 4.90 Å². The predicted molar refractivity (Wildman–Crippen MR) is 81.8 cm³/mol. The van der Waals surface area contributed by atoms with Crippen LogP contribution in [0.25, 0.3) is 11.3 Å². The average molecular weight is 327 g/mol. The SMILES string of the molecule is Cc1ccc(-c2[nH]ncc2CN(CCCO)CC(F)(F)F)cc1. The lowest BCUT2D eigenvalue weighted by Crippen LogP contribution is -2.34. The molecule has 0 radical (unpaired) electrons. The van der Waals surface area contributed by atoms with Crippen molar-refractivity contribution in [1.29, 1.82) is 0 Å². The molecule has 0 atom stereocenters. The van der Waals surface area contributed by atoms with Crippen LogP contribution in [0.5, 0.6) is 0 Å². The first-order valence-corrected chi connectivity index (χ1v) is 7.38. The van der Waals surface area contributed by atoms with E-state index >= 15 is 0 Å². The summed E-state index contributed by atoms with van der Waals surface area (Å²) in [5, 5.41) is 15.7. The van der Waals surface area contributed by atoms with Crippen LogP contribution in [0, 0.1) is 6.92 Å². The summed E-state index contributed by atoms with van der Waals surface area (Å²) in [5.74, 6) is 0. The Balaban J connectivity index is 2.17. The quantitative estimate of drug-likeness (QED) is 0.821. The van der Waals surface area contributed by atoms with Gasteiger partial charge in [0.25, 0.3) is 0 Å². The second-order valence-corrected chi connectivity index (χ2v) is 5.54. The fourth-order valence-electron chi connectivity index (χ4n) is 2.40. The van der Waals surface area contributed by atoms with Gasteiger partial charge in [0.2, 0.25) is 0 Å². The molecule has 7 heteroatoms. The molecule has 0 bridgehead atoms. The highest BCUT2D eigenvalue weighted by Gasteiger charge is 2.30. The average Bonchev–Trinajstić information content (AvgIpc) is 2.92. The molecule has 2 aromatic rings. The summed E-state index contributed by atoms with van der Waals surface area (Å²) in [6.07, 6.45) is -2.42. The van der Waals surface area contributed by atoms with E-state index in [4.69, 9.17) is 5.11 Å². The van der Waals surface area contributed by atoms with Crippen LogP contribution in [0.3, 0.4) is 0 Å². The number of rotatable bonds is 7. The normalized spacial score (nSPS) is 12.1. The zero-order chi connectivity index (χ0) is 16.9. The number of aromatic nitrogens is 2. The fourth-order valence-corrected chi connectivity index (χ4v) is 2.40. The van der Waals surface area contributed by atoms with Gasteiger partial charge in [-0.1, -0.05) is 29.8 Å². The van der Waals surface area contributed by atoms with Crippen molar-refractivity contribution < 1.29 is 18.3 Å². The van der Waals surface area contributed by atoms with E-state index in [-0.39, 0.29) is 19.7 Å². The lowest BCUT2D eigenvalue weighted by molar-refractivity contribution is -0.147. The summed E-state index contributed by atoms with van der Waals surface area (Å²) in [6.45, 7) is 1.13. The Kier molecular flexibility index (Phi) is 5.79. The van der Waals surface area contributed by atoms with Gasteiger partial charge >= 0.3 is 6.18 Å². The van der Waals surface area contributed by atoms with Crippen LogP contribution in [0.4, 0.5) is 13.2 Å². The van der Waals surface area contributed by atoms with Gasteiger partial charge in [-0.05, 0) is 18.9 Å². The fraction of sp³-hybridized carbons (Fsp3) is 0.438. The summed E-state index contributed by atoms with van der Waals surface area (Å²) >= 11 is 0. The highest BCUT2D eigenvalue weighted by Crippen LogP contribution is 2.24. The van der Waals surface area contributed by atoms with Crippen molar-refractivity contribution in [3.05, 3.63) is 41.6 Å². The largest absolute Gasteiger partial charge is 0.401 e. The number of benzene rings is 1. The van der Waals surface area contributed by atoms with E-state index in [0.717, 1.165) is 16.8 Å². The molecule has 1 aromatic heterocycles. The van der Waals surface area contributed by atoms with Gasteiger partial charge < -0.3 is 5.11 Å². The van der Waals surface area contributed by atoms with Crippen molar-refractivity contribution in [3.8, 4) is 11.3 Å². The van der Waals surface area contributed by atoms with Crippen molar-refractivity contribution in [1.82, 2.24) is 15.1 Å². The summed E-state index contributed by atoms with van der Waals surface area (Å²) in [7, 11) is 0. The van der Waals surface area contributed by atoms with Crippen LogP contribution >= 0.6 is 0 Å². The molecule has 0 spiro atoms. The molecule has 0 fully saturated rings. The molecule has 2 N–H and O–H groups in total. The predicted octanol–water partition coefficient (Wildman–Crippen LogP) is 3.13. The first kappa shape index (κ1) is 17.5. The molecule has 126 valence electrons. The van der Waals surface area contributed by atoms with Gasteiger partial charge in [-0.3, -0.25) is 10.00 Å². The number of aromatic amines is 1. The van der Waals surface area contributed by atoms with E-state index in [1.807, 2.05) is 31.2 Å². The van der Waals surface area contributed by atoms with E-state index < -0.39 is 12.7 Å². The molecular formula is C16H20F3N3O. The van der Waals surface area contributed by atoms with Crippen molar-refractivity contribution in [2.45, 2.75) is 26.1 Å². The Morgan fingerprint density at radius 3 is 2.52 bits per heavy atom. The topological polar surface area (TPSA) is 52.2 Å². The first-order valence-electron chi connectivity index (χ1n) is 7.38. The minimum absolute atomic E-state index is 0.124. The number of halogens is 3. The maximum absolute atomic E-state index is 12.7. The maximum Gasteiger partial charge on any atom is 0.401 e. The molecule has 4 nitrogen and oxygen atoms in total. The zero-order valence-corrected chi connectivity index (χ0v) is 12.9. The minimum atomic E-state index is -4.27. The molecular weight excluding hydrogens is 307 g/mol. The summed E-state index contributed by atoms with van der Waals surface area (Å²) in [4.78, 5) is 1.28. The van der Waals surface area contributed by atoms with Crippen LogP contribution < -0.4 is 0 Å². The molecule has 23 heavy (non-hydrogen) atoms. The second kappa shape index (κ2) is 7.61. The molecule has 0 unspecified atom stereocenters. The minimum Gasteiger partial charge on any atom is -0.396 e. The molecule has 0 aliphatic carbocycles. The summed E-state index contributed by atoms with van der Waals surface area (Å²) < 4.78 is 38.1. The van der Waals surface area contributed by atoms with Crippen molar-refractivity contribution in [3.63, 3.8) is 0 Å². The number of hydrogen-bond acceptors (Lipinski definition) is 3. The zero-order valence-electron chi connectivity index (χ0n) is 12.9. The molecule has 1 heterocycles. The number of hydrogen-bond donors (Lipinski definition) is 2. The molecule has 0 saturated carbocycles. The van der Waals surface area contributed by atoms with Crippen LogP contribution in [0.15, 0.2) is 30.5 Å². The third-order valence-electron chi connectivity index (χ3n) is 3.49. The van der Waals surface area contributed by atoms with Gasteiger partial charge in [-0.15, -0.1) is 0 Å². The molecule has 0 saturated heterocycles. The van der Waals surface area contributed by atoms with Gasteiger partial charge in [-0.25, -0.2) is 0 Å². The number of nitrogens with one attached hydrogen (secondary N) is 1. The van der Waals surface area contributed by atoms with E-state index in [0.29, 0.717) is 12.0 Å². The summed E-state index contributed by atoms with van der Waals surface area (Å²) in [6, 6.07) is 7.71. The summed E-state index contributed by atoms with van der Waals surface area (Å²) in [5.41, 5.74) is 3.42. The van der Waals surface area contributed by atoms with Gasteiger partial charge in [-0.2, -0.15) is 18.3 Å². The Morgan fingerprint density at radius 2 is 1.91 bits per heavy atom. The van der Waals surface area contributed by atoms with Crippen molar-refractivity contribution in [2.24, 2.45) is 0 Å².